The predicted molar refractivity (Wildman–Crippen MR) is 66.6 cm³/mol. The fraction of sp³-hybridized carbons (Fsp3) is 0.250. The minimum Gasteiger partial charge on any atom is -0.493 e. The molecule has 1 aromatic heterocycles. The maximum absolute atomic E-state index is 12.8. The summed E-state index contributed by atoms with van der Waals surface area (Å²) < 4.78 is 16.6. The highest BCUT2D eigenvalue weighted by Gasteiger charge is 2.11. The summed E-state index contributed by atoms with van der Waals surface area (Å²) in [6, 6.07) is 5.99. The lowest BCUT2D eigenvalue weighted by Crippen LogP contribution is -2.01. The van der Waals surface area contributed by atoms with E-state index < -0.39 is 0 Å². The standard InChI is InChI=1S/C12H13FN2OS/c1-8(2)14-7-11(16)15(12(14)17)10-5-3-9(13)4-6-10/h3-8,16H,1-2H3. The quantitative estimate of drug-likeness (QED) is 0.830. The predicted octanol–water partition coefficient (Wildman–Crippen LogP) is 3.43. The molecule has 0 radical (unpaired) electrons. The smallest absolute Gasteiger partial charge is 0.214 e. The SMILES string of the molecule is CC(C)n1cc(O)n(-c2ccc(F)cc2)c1=S. The topological polar surface area (TPSA) is 30.1 Å². The zero-order valence-electron chi connectivity index (χ0n) is 9.59. The molecule has 0 aliphatic carbocycles. The van der Waals surface area contributed by atoms with E-state index in [2.05, 4.69) is 0 Å². The molecule has 0 saturated heterocycles. The number of rotatable bonds is 2. The van der Waals surface area contributed by atoms with Gasteiger partial charge in [0.1, 0.15) is 5.82 Å². The Hall–Kier alpha value is -1.62. The third-order valence-corrected chi connectivity index (χ3v) is 2.93. The van der Waals surface area contributed by atoms with Crippen LogP contribution in [-0.4, -0.2) is 14.2 Å². The van der Waals surface area contributed by atoms with Gasteiger partial charge >= 0.3 is 0 Å². The lowest BCUT2D eigenvalue weighted by atomic mass is 10.3. The van der Waals surface area contributed by atoms with Crippen molar-refractivity contribution in [2.75, 3.05) is 0 Å². The summed E-state index contributed by atoms with van der Waals surface area (Å²) in [6.45, 7) is 3.95. The van der Waals surface area contributed by atoms with Gasteiger partial charge < -0.3 is 9.67 Å². The molecule has 1 heterocycles. The number of halogens is 1. The second-order valence-electron chi connectivity index (χ2n) is 4.08. The van der Waals surface area contributed by atoms with Crippen molar-refractivity contribution < 1.29 is 9.50 Å². The minimum atomic E-state index is -0.317. The zero-order chi connectivity index (χ0) is 12.6. The maximum atomic E-state index is 12.8. The molecule has 0 aliphatic rings. The summed E-state index contributed by atoms with van der Waals surface area (Å²) in [7, 11) is 0. The number of hydrogen-bond acceptors (Lipinski definition) is 2. The van der Waals surface area contributed by atoms with Crippen molar-refractivity contribution in [1.82, 2.24) is 9.13 Å². The van der Waals surface area contributed by atoms with E-state index in [0.717, 1.165) is 0 Å². The van der Waals surface area contributed by atoms with E-state index in [1.54, 1.807) is 22.9 Å². The molecule has 0 amide bonds. The Bertz CT molecular complexity index is 584. The van der Waals surface area contributed by atoms with Crippen LogP contribution < -0.4 is 0 Å². The summed E-state index contributed by atoms with van der Waals surface area (Å²) >= 11 is 5.28. The van der Waals surface area contributed by atoms with Crippen LogP contribution in [0.5, 0.6) is 5.88 Å². The third kappa shape index (κ3) is 2.10. The number of nitrogens with zero attached hydrogens (tertiary/aromatic N) is 2. The van der Waals surface area contributed by atoms with Crippen molar-refractivity contribution >= 4 is 12.2 Å². The molecule has 1 aromatic carbocycles. The van der Waals surface area contributed by atoms with E-state index in [9.17, 15) is 9.50 Å². The molecule has 2 aromatic rings. The Balaban J connectivity index is 2.60. The maximum Gasteiger partial charge on any atom is 0.214 e. The zero-order valence-corrected chi connectivity index (χ0v) is 10.4. The fourth-order valence-corrected chi connectivity index (χ4v) is 2.12. The molecule has 0 fully saturated rings. The average Bonchev–Trinajstić information content (AvgIpc) is 2.56. The van der Waals surface area contributed by atoms with E-state index in [1.807, 2.05) is 13.8 Å². The van der Waals surface area contributed by atoms with E-state index in [4.69, 9.17) is 12.2 Å². The van der Waals surface area contributed by atoms with Crippen molar-refractivity contribution in [2.24, 2.45) is 0 Å². The van der Waals surface area contributed by atoms with Crippen LogP contribution in [0.25, 0.3) is 5.69 Å². The lowest BCUT2D eigenvalue weighted by molar-refractivity contribution is 0.441. The summed E-state index contributed by atoms with van der Waals surface area (Å²) in [5.41, 5.74) is 0.647. The number of aromatic nitrogens is 2. The van der Waals surface area contributed by atoms with Gasteiger partial charge in [0.15, 0.2) is 4.77 Å². The van der Waals surface area contributed by atoms with Gasteiger partial charge in [-0.05, 0) is 50.3 Å². The van der Waals surface area contributed by atoms with E-state index in [1.165, 1.54) is 16.7 Å². The van der Waals surface area contributed by atoms with Gasteiger partial charge in [0.25, 0.3) is 0 Å². The number of aromatic hydroxyl groups is 1. The molecule has 90 valence electrons. The Kier molecular flexibility index (Phi) is 3.02. The van der Waals surface area contributed by atoms with Gasteiger partial charge in [0, 0.05) is 6.04 Å². The van der Waals surface area contributed by atoms with Crippen molar-refractivity contribution in [3.8, 4) is 11.6 Å². The first-order valence-corrected chi connectivity index (χ1v) is 5.70. The Morgan fingerprint density at radius 2 is 1.82 bits per heavy atom. The molecule has 2 rings (SSSR count). The highest BCUT2D eigenvalue weighted by atomic mass is 32.1. The molecule has 0 saturated carbocycles. The largest absolute Gasteiger partial charge is 0.493 e. The molecule has 1 N–H and O–H groups in total. The first-order valence-electron chi connectivity index (χ1n) is 5.29. The van der Waals surface area contributed by atoms with E-state index >= 15 is 0 Å². The molecule has 17 heavy (non-hydrogen) atoms. The van der Waals surface area contributed by atoms with Crippen molar-refractivity contribution in [1.29, 1.82) is 0 Å². The van der Waals surface area contributed by atoms with E-state index in [-0.39, 0.29) is 17.7 Å². The molecule has 0 unspecified atom stereocenters. The first kappa shape index (κ1) is 11.9. The molecular weight excluding hydrogens is 239 g/mol. The molecule has 0 aliphatic heterocycles. The Morgan fingerprint density at radius 1 is 1.24 bits per heavy atom. The number of benzene rings is 1. The molecule has 0 bridgehead atoms. The van der Waals surface area contributed by atoms with Crippen molar-refractivity contribution in [3.05, 3.63) is 41.1 Å². The summed E-state index contributed by atoms with van der Waals surface area (Å²) in [4.78, 5) is 0. The molecule has 3 nitrogen and oxygen atoms in total. The van der Waals surface area contributed by atoms with Gasteiger partial charge in [-0.25, -0.2) is 4.39 Å². The molecule has 0 atom stereocenters. The van der Waals surface area contributed by atoms with Crippen molar-refractivity contribution in [3.63, 3.8) is 0 Å². The Labute approximate surface area is 104 Å². The van der Waals surface area contributed by atoms with Crippen LogP contribution in [-0.2, 0) is 0 Å². The van der Waals surface area contributed by atoms with Gasteiger partial charge in [-0.1, -0.05) is 0 Å². The molecular formula is C12H13FN2OS. The number of imidazole rings is 1. The van der Waals surface area contributed by atoms with Crippen LogP contribution in [0.4, 0.5) is 4.39 Å². The number of hydrogen-bond donors (Lipinski definition) is 1. The van der Waals surface area contributed by atoms with Crippen LogP contribution in [0.3, 0.4) is 0 Å². The second-order valence-corrected chi connectivity index (χ2v) is 4.45. The van der Waals surface area contributed by atoms with Crippen LogP contribution >= 0.6 is 12.2 Å². The van der Waals surface area contributed by atoms with Crippen molar-refractivity contribution in [2.45, 2.75) is 19.9 Å². The highest BCUT2D eigenvalue weighted by molar-refractivity contribution is 7.71. The monoisotopic (exact) mass is 252 g/mol. The lowest BCUT2D eigenvalue weighted by Gasteiger charge is -2.06. The highest BCUT2D eigenvalue weighted by Crippen LogP contribution is 2.22. The van der Waals surface area contributed by atoms with Gasteiger partial charge in [0.2, 0.25) is 5.88 Å². The summed E-state index contributed by atoms with van der Waals surface area (Å²) in [5, 5.41) is 9.87. The minimum absolute atomic E-state index is 0.0512. The van der Waals surface area contributed by atoms with Crippen LogP contribution in [0.2, 0.25) is 0 Å². The van der Waals surface area contributed by atoms with Crippen LogP contribution in [0.1, 0.15) is 19.9 Å². The first-order chi connectivity index (χ1) is 8.00. The summed E-state index contributed by atoms with van der Waals surface area (Å²) in [5.74, 6) is -0.265. The van der Waals surface area contributed by atoms with Gasteiger partial charge in [-0.3, -0.25) is 4.57 Å². The van der Waals surface area contributed by atoms with Crippen LogP contribution in [0.15, 0.2) is 30.5 Å². The Morgan fingerprint density at radius 3 is 2.29 bits per heavy atom. The van der Waals surface area contributed by atoms with Gasteiger partial charge in [-0.15, -0.1) is 0 Å². The second kappa shape index (κ2) is 4.33. The summed E-state index contributed by atoms with van der Waals surface area (Å²) in [6.07, 6.45) is 1.58. The molecule has 0 spiro atoms. The van der Waals surface area contributed by atoms with Gasteiger partial charge in [-0.2, -0.15) is 0 Å². The van der Waals surface area contributed by atoms with Gasteiger partial charge in [0.05, 0.1) is 11.9 Å². The van der Waals surface area contributed by atoms with E-state index in [0.29, 0.717) is 10.5 Å². The average molecular weight is 252 g/mol. The normalized spacial score (nSPS) is 11.1. The third-order valence-electron chi connectivity index (χ3n) is 2.54. The fourth-order valence-electron chi connectivity index (χ4n) is 1.65. The molecule has 5 heteroatoms. The van der Waals surface area contributed by atoms with Crippen LogP contribution in [0, 0.1) is 10.6 Å².